The predicted molar refractivity (Wildman–Crippen MR) is 98.9 cm³/mol. The SMILES string of the molecule is CCNC(=NCCNS(=O)(=O)CC)NCCOC1CCCCCC1. The first-order valence-corrected chi connectivity index (χ1v) is 10.8. The Hall–Kier alpha value is -0.860. The van der Waals surface area contributed by atoms with E-state index in [1.807, 2.05) is 6.92 Å². The summed E-state index contributed by atoms with van der Waals surface area (Å²) in [4.78, 5) is 4.36. The van der Waals surface area contributed by atoms with Crippen molar-refractivity contribution in [3.63, 3.8) is 0 Å². The van der Waals surface area contributed by atoms with E-state index in [-0.39, 0.29) is 5.75 Å². The number of nitrogens with zero attached hydrogens (tertiary/aromatic N) is 1. The smallest absolute Gasteiger partial charge is 0.211 e. The Balaban J connectivity index is 2.22. The van der Waals surface area contributed by atoms with E-state index in [0.717, 1.165) is 6.54 Å². The minimum Gasteiger partial charge on any atom is -0.376 e. The molecule has 0 aromatic heterocycles. The fourth-order valence-electron chi connectivity index (χ4n) is 2.62. The van der Waals surface area contributed by atoms with E-state index in [0.29, 0.717) is 38.3 Å². The molecular weight excluding hydrogens is 328 g/mol. The number of sulfonamides is 1. The summed E-state index contributed by atoms with van der Waals surface area (Å²) < 4.78 is 31.1. The molecule has 0 atom stereocenters. The average Bonchev–Trinajstić information content (AvgIpc) is 2.84. The van der Waals surface area contributed by atoms with Gasteiger partial charge in [-0.15, -0.1) is 0 Å². The Morgan fingerprint density at radius 1 is 1.08 bits per heavy atom. The van der Waals surface area contributed by atoms with Gasteiger partial charge in [-0.2, -0.15) is 0 Å². The van der Waals surface area contributed by atoms with E-state index in [1.165, 1.54) is 38.5 Å². The maximum Gasteiger partial charge on any atom is 0.211 e. The Morgan fingerprint density at radius 2 is 1.79 bits per heavy atom. The normalized spacial score (nSPS) is 17.5. The molecule has 0 amide bonds. The van der Waals surface area contributed by atoms with Crippen LogP contribution < -0.4 is 15.4 Å². The summed E-state index contributed by atoms with van der Waals surface area (Å²) in [5.74, 6) is 0.783. The Bertz CT molecular complexity index is 446. The van der Waals surface area contributed by atoms with E-state index in [2.05, 4.69) is 20.3 Å². The number of hydrogen-bond acceptors (Lipinski definition) is 4. The molecule has 0 heterocycles. The maximum atomic E-state index is 11.3. The number of hydrogen-bond donors (Lipinski definition) is 3. The molecule has 0 saturated heterocycles. The Morgan fingerprint density at radius 3 is 2.42 bits per heavy atom. The first-order chi connectivity index (χ1) is 11.6. The largest absolute Gasteiger partial charge is 0.376 e. The number of nitrogens with one attached hydrogen (secondary N) is 3. The van der Waals surface area contributed by atoms with E-state index < -0.39 is 10.0 Å². The summed E-state index contributed by atoms with van der Waals surface area (Å²) in [6, 6.07) is 0. The van der Waals surface area contributed by atoms with Crippen LogP contribution in [0.1, 0.15) is 52.4 Å². The highest BCUT2D eigenvalue weighted by Crippen LogP contribution is 2.19. The van der Waals surface area contributed by atoms with Gasteiger partial charge in [0.05, 0.1) is 25.0 Å². The zero-order valence-corrected chi connectivity index (χ0v) is 16.0. The molecule has 0 aromatic rings. The van der Waals surface area contributed by atoms with Crippen molar-refractivity contribution < 1.29 is 13.2 Å². The van der Waals surface area contributed by atoms with Crippen LogP contribution >= 0.6 is 0 Å². The van der Waals surface area contributed by atoms with Gasteiger partial charge in [0.1, 0.15) is 0 Å². The molecule has 0 aliphatic heterocycles. The van der Waals surface area contributed by atoms with Gasteiger partial charge in [0.15, 0.2) is 5.96 Å². The Labute approximate surface area is 147 Å². The molecule has 1 aliphatic carbocycles. The van der Waals surface area contributed by atoms with Crippen LogP contribution in [0.25, 0.3) is 0 Å². The minimum absolute atomic E-state index is 0.0908. The van der Waals surface area contributed by atoms with Crippen LogP contribution in [0.15, 0.2) is 4.99 Å². The topological polar surface area (TPSA) is 91.8 Å². The lowest BCUT2D eigenvalue weighted by atomic mass is 10.1. The van der Waals surface area contributed by atoms with Crippen LogP contribution in [0.2, 0.25) is 0 Å². The molecule has 8 heteroatoms. The van der Waals surface area contributed by atoms with Gasteiger partial charge in [-0.3, -0.25) is 4.99 Å². The monoisotopic (exact) mass is 362 g/mol. The molecule has 0 bridgehead atoms. The fraction of sp³-hybridized carbons (Fsp3) is 0.938. The second kappa shape index (κ2) is 12.5. The number of rotatable bonds is 10. The van der Waals surface area contributed by atoms with E-state index >= 15 is 0 Å². The van der Waals surface area contributed by atoms with Gasteiger partial charge >= 0.3 is 0 Å². The van der Waals surface area contributed by atoms with Gasteiger partial charge < -0.3 is 15.4 Å². The van der Waals surface area contributed by atoms with Crippen molar-refractivity contribution in [2.45, 2.75) is 58.5 Å². The van der Waals surface area contributed by atoms with Crippen molar-refractivity contribution in [1.82, 2.24) is 15.4 Å². The molecule has 0 spiro atoms. The fourth-order valence-corrected chi connectivity index (χ4v) is 3.22. The zero-order chi connectivity index (χ0) is 17.7. The highest BCUT2D eigenvalue weighted by Gasteiger charge is 2.12. The summed E-state index contributed by atoms with van der Waals surface area (Å²) in [5.41, 5.74) is 0. The molecule has 3 N–H and O–H groups in total. The molecule has 0 aromatic carbocycles. The third-order valence-electron chi connectivity index (χ3n) is 3.98. The zero-order valence-electron chi connectivity index (χ0n) is 15.1. The summed E-state index contributed by atoms with van der Waals surface area (Å²) >= 11 is 0. The lowest BCUT2D eigenvalue weighted by molar-refractivity contribution is 0.0468. The number of guanidine groups is 1. The number of ether oxygens (including phenoxy) is 1. The average molecular weight is 363 g/mol. The third kappa shape index (κ3) is 10.1. The van der Waals surface area contributed by atoms with Crippen molar-refractivity contribution in [2.75, 3.05) is 38.5 Å². The molecule has 1 rings (SSSR count). The molecule has 7 nitrogen and oxygen atoms in total. The molecule has 142 valence electrons. The van der Waals surface area contributed by atoms with Gasteiger partial charge in [-0.05, 0) is 26.7 Å². The molecule has 0 unspecified atom stereocenters. The predicted octanol–water partition coefficient (Wildman–Crippen LogP) is 1.22. The lowest BCUT2D eigenvalue weighted by Gasteiger charge is -2.16. The van der Waals surface area contributed by atoms with Gasteiger partial charge in [-0.25, -0.2) is 13.1 Å². The van der Waals surface area contributed by atoms with Crippen LogP contribution in [0, 0.1) is 0 Å². The first kappa shape index (κ1) is 21.2. The molecule has 1 saturated carbocycles. The third-order valence-corrected chi connectivity index (χ3v) is 5.38. The van der Waals surface area contributed by atoms with Crippen LogP contribution in [-0.4, -0.2) is 59.0 Å². The minimum atomic E-state index is -3.15. The summed E-state index contributed by atoms with van der Waals surface area (Å²) in [5, 5.41) is 6.37. The van der Waals surface area contributed by atoms with Crippen molar-refractivity contribution in [3.8, 4) is 0 Å². The summed E-state index contributed by atoms with van der Waals surface area (Å²) in [7, 11) is -3.15. The van der Waals surface area contributed by atoms with Crippen molar-refractivity contribution in [2.24, 2.45) is 4.99 Å². The van der Waals surface area contributed by atoms with Gasteiger partial charge in [0.25, 0.3) is 0 Å². The second-order valence-electron chi connectivity index (χ2n) is 5.97. The lowest BCUT2D eigenvalue weighted by Crippen LogP contribution is -2.40. The molecule has 1 aliphatic rings. The van der Waals surface area contributed by atoms with Crippen LogP contribution in [0.4, 0.5) is 0 Å². The van der Waals surface area contributed by atoms with Crippen molar-refractivity contribution in [3.05, 3.63) is 0 Å². The molecule has 1 fully saturated rings. The van der Waals surface area contributed by atoms with Crippen molar-refractivity contribution in [1.29, 1.82) is 0 Å². The second-order valence-corrected chi connectivity index (χ2v) is 8.07. The van der Waals surface area contributed by atoms with E-state index in [9.17, 15) is 8.42 Å². The van der Waals surface area contributed by atoms with Gasteiger partial charge in [0.2, 0.25) is 10.0 Å². The summed E-state index contributed by atoms with van der Waals surface area (Å²) in [6.07, 6.45) is 7.95. The quantitative estimate of drug-likeness (QED) is 0.235. The van der Waals surface area contributed by atoms with Gasteiger partial charge in [0, 0.05) is 19.6 Å². The first-order valence-electron chi connectivity index (χ1n) is 9.18. The number of aliphatic imine (C=N–C) groups is 1. The van der Waals surface area contributed by atoms with Crippen molar-refractivity contribution >= 4 is 16.0 Å². The highest BCUT2D eigenvalue weighted by atomic mass is 32.2. The maximum absolute atomic E-state index is 11.3. The van der Waals surface area contributed by atoms with Crippen LogP contribution in [0.3, 0.4) is 0 Å². The van der Waals surface area contributed by atoms with E-state index in [1.54, 1.807) is 6.92 Å². The van der Waals surface area contributed by atoms with Crippen LogP contribution in [-0.2, 0) is 14.8 Å². The molecule has 0 radical (unpaired) electrons. The highest BCUT2D eigenvalue weighted by molar-refractivity contribution is 7.89. The Kier molecular flexibility index (Phi) is 11.0. The standard InChI is InChI=1S/C16H34N4O3S/c1-3-17-16(18-11-12-20-24(21,22)4-2)19-13-14-23-15-9-7-5-6-8-10-15/h15,20H,3-14H2,1-2H3,(H2,17,18,19). The van der Waals surface area contributed by atoms with E-state index in [4.69, 9.17) is 4.74 Å². The van der Waals surface area contributed by atoms with Gasteiger partial charge in [-0.1, -0.05) is 25.7 Å². The summed E-state index contributed by atoms with van der Waals surface area (Å²) in [6.45, 7) is 6.45. The molecular formula is C16H34N4O3S. The molecule has 24 heavy (non-hydrogen) atoms. The van der Waals surface area contributed by atoms with Crippen LogP contribution in [0.5, 0.6) is 0 Å².